The molecule has 1 saturated carbocycles. The molecule has 4 nitrogen and oxygen atoms in total. The van der Waals surface area contributed by atoms with Crippen molar-refractivity contribution in [2.24, 2.45) is 5.73 Å². The van der Waals surface area contributed by atoms with Crippen LogP contribution in [-0.4, -0.2) is 18.6 Å². The molecule has 0 spiro atoms. The van der Waals surface area contributed by atoms with Crippen molar-refractivity contribution in [3.8, 4) is 5.75 Å². The number of carbonyl (C=O) groups excluding carboxylic acids is 1. The minimum Gasteiger partial charge on any atom is -0.483 e. The van der Waals surface area contributed by atoms with Crippen LogP contribution in [0.25, 0.3) is 0 Å². The predicted octanol–water partition coefficient (Wildman–Crippen LogP) is 3.30. The molecule has 1 aromatic carbocycles. The molecule has 0 radical (unpaired) electrons. The fourth-order valence-corrected chi connectivity index (χ4v) is 3.04. The fourth-order valence-electron chi connectivity index (χ4n) is 2.67. The van der Waals surface area contributed by atoms with Gasteiger partial charge in [0.05, 0.1) is 0 Å². The average Bonchev–Trinajstić information content (AvgIpc) is 2.47. The van der Waals surface area contributed by atoms with Crippen LogP contribution in [-0.2, 0) is 4.79 Å². The van der Waals surface area contributed by atoms with E-state index in [0.717, 1.165) is 22.9 Å². The van der Waals surface area contributed by atoms with E-state index in [-0.39, 0.29) is 18.6 Å². The van der Waals surface area contributed by atoms with Crippen molar-refractivity contribution in [3.05, 3.63) is 28.2 Å². The Morgan fingerprint density at radius 2 is 2.14 bits per heavy atom. The third-order valence-corrected chi connectivity index (χ3v) is 4.28. The number of amides is 1. The summed E-state index contributed by atoms with van der Waals surface area (Å²) in [6, 6.07) is 5.84. The van der Waals surface area contributed by atoms with E-state index in [9.17, 15) is 4.79 Å². The van der Waals surface area contributed by atoms with Crippen LogP contribution < -0.4 is 15.8 Å². The summed E-state index contributed by atoms with van der Waals surface area (Å²) >= 11 is 3.42. The Hall–Kier alpha value is -1.07. The first-order valence-electron chi connectivity index (χ1n) is 7.53. The smallest absolute Gasteiger partial charge is 0.258 e. The Labute approximate surface area is 134 Å². The molecule has 2 rings (SSSR count). The summed E-state index contributed by atoms with van der Waals surface area (Å²) in [5.41, 5.74) is 6.84. The highest BCUT2D eigenvalue weighted by Crippen LogP contribution is 2.27. The number of rotatable bonds is 5. The van der Waals surface area contributed by atoms with Gasteiger partial charge >= 0.3 is 0 Å². The van der Waals surface area contributed by atoms with Crippen LogP contribution in [0.5, 0.6) is 5.75 Å². The maximum Gasteiger partial charge on any atom is 0.258 e. The molecule has 0 bridgehead atoms. The lowest BCUT2D eigenvalue weighted by Crippen LogP contribution is -2.39. The van der Waals surface area contributed by atoms with Crippen LogP contribution >= 0.6 is 15.9 Å². The molecule has 3 N–H and O–H groups in total. The lowest BCUT2D eigenvalue weighted by atomic mass is 9.95. The highest BCUT2D eigenvalue weighted by Gasteiger charge is 2.16. The second-order valence-corrected chi connectivity index (χ2v) is 6.58. The third-order valence-electron chi connectivity index (χ3n) is 3.79. The van der Waals surface area contributed by atoms with Gasteiger partial charge in [0.25, 0.3) is 5.91 Å². The van der Waals surface area contributed by atoms with Crippen LogP contribution in [0.2, 0.25) is 0 Å². The summed E-state index contributed by atoms with van der Waals surface area (Å²) < 4.78 is 6.60. The van der Waals surface area contributed by atoms with Crippen LogP contribution in [0.4, 0.5) is 0 Å². The maximum atomic E-state index is 12.0. The summed E-state index contributed by atoms with van der Waals surface area (Å²) in [7, 11) is 0. The van der Waals surface area contributed by atoms with E-state index >= 15 is 0 Å². The molecule has 1 amide bonds. The molecule has 0 saturated heterocycles. The highest BCUT2D eigenvalue weighted by atomic mass is 79.9. The Morgan fingerprint density at radius 1 is 1.43 bits per heavy atom. The number of benzene rings is 1. The van der Waals surface area contributed by atoms with Gasteiger partial charge in [0.15, 0.2) is 6.61 Å². The standard InChI is InChI=1S/C16H23BrN2O2/c1-11(18)14-9-12(17)7-8-15(14)21-10-16(20)19-13-5-3-2-4-6-13/h7-9,11,13H,2-6,10,18H2,1H3,(H,19,20)/t11-/m1/s1. The quantitative estimate of drug-likeness (QED) is 0.852. The first-order valence-corrected chi connectivity index (χ1v) is 8.33. The fraction of sp³-hybridized carbons (Fsp3) is 0.562. The molecule has 1 atom stereocenters. The van der Waals surface area contributed by atoms with Crippen molar-refractivity contribution in [2.75, 3.05) is 6.61 Å². The molecular weight excluding hydrogens is 332 g/mol. The Kier molecular flexibility index (Phi) is 6.06. The Balaban J connectivity index is 1.88. The van der Waals surface area contributed by atoms with Gasteiger partial charge < -0.3 is 15.8 Å². The average molecular weight is 355 g/mol. The van der Waals surface area contributed by atoms with E-state index in [1.807, 2.05) is 25.1 Å². The molecule has 1 aliphatic rings. The molecule has 116 valence electrons. The molecule has 1 fully saturated rings. The predicted molar refractivity (Wildman–Crippen MR) is 87.3 cm³/mol. The zero-order chi connectivity index (χ0) is 15.2. The molecule has 0 aromatic heterocycles. The molecule has 1 aliphatic carbocycles. The molecule has 5 heteroatoms. The largest absolute Gasteiger partial charge is 0.483 e. The van der Waals surface area contributed by atoms with Gasteiger partial charge in [-0.2, -0.15) is 0 Å². The van der Waals surface area contributed by atoms with E-state index in [4.69, 9.17) is 10.5 Å². The van der Waals surface area contributed by atoms with Gasteiger partial charge in [-0.05, 0) is 38.0 Å². The second kappa shape index (κ2) is 7.80. The summed E-state index contributed by atoms with van der Waals surface area (Å²) in [5.74, 6) is 0.618. The van der Waals surface area contributed by atoms with Gasteiger partial charge in [-0.1, -0.05) is 35.2 Å². The number of nitrogens with one attached hydrogen (secondary N) is 1. The lowest BCUT2D eigenvalue weighted by molar-refractivity contribution is -0.124. The molecule has 1 aromatic rings. The Bertz CT molecular complexity index is 485. The SMILES string of the molecule is C[C@@H](N)c1cc(Br)ccc1OCC(=O)NC1CCCCC1. The zero-order valence-electron chi connectivity index (χ0n) is 12.4. The molecule has 0 heterocycles. The van der Waals surface area contributed by atoms with Crippen LogP contribution in [0.3, 0.4) is 0 Å². The third kappa shape index (κ3) is 5.00. The van der Waals surface area contributed by atoms with Crippen molar-refractivity contribution in [1.82, 2.24) is 5.32 Å². The molecule has 21 heavy (non-hydrogen) atoms. The monoisotopic (exact) mass is 354 g/mol. The molecule has 0 aliphatic heterocycles. The number of ether oxygens (including phenoxy) is 1. The summed E-state index contributed by atoms with van der Waals surface area (Å²) in [4.78, 5) is 12.0. The normalized spacial score (nSPS) is 17.3. The summed E-state index contributed by atoms with van der Waals surface area (Å²) in [6.45, 7) is 1.94. The maximum absolute atomic E-state index is 12.0. The lowest BCUT2D eigenvalue weighted by Gasteiger charge is -2.23. The zero-order valence-corrected chi connectivity index (χ0v) is 14.0. The van der Waals surface area contributed by atoms with E-state index < -0.39 is 0 Å². The van der Waals surface area contributed by atoms with Crippen molar-refractivity contribution >= 4 is 21.8 Å². The van der Waals surface area contributed by atoms with Crippen LogP contribution in [0, 0.1) is 0 Å². The minimum absolute atomic E-state index is 0.0395. The second-order valence-electron chi connectivity index (χ2n) is 5.66. The van der Waals surface area contributed by atoms with E-state index in [1.54, 1.807) is 0 Å². The van der Waals surface area contributed by atoms with E-state index in [1.165, 1.54) is 19.3 Å². The Morgan fingerprint density at radius 3 is 2.81 bits per heavy atom. The van der Waals surface area contributed by atoms with Crippen molar-refractivity contribution in [3.63, 3.8) is 0 Å². The first-order chi connectivity index (χ1) is 10.1. The minimum atomic E-state index is -0.140. The van der Waals surface area contributed by atoms with Gasteiger partial charge in [0, 0.05) is 22.1 Å². The number of hydrogen-bond donors (Lipinski definition) is 2. The summed E-state index contributed by atoms with van der Waals surface area (Å²) in [5, 5.41) is 3.04. The van der Waals surface area contributed by atoms with Crippen molar-refractivity contribution in [1.29, 1.82) is 0 Å². The van der Waals surface area contributed by atoms with Gasteiger partial charge in [-0.3, -0.25) is 4.79 Å². The van der Waals surface area contributed by atoms with Gasteiger partial charge in [-0.25, -0.2) is 0 Å². The molecular formula is C16H23BrN2O2. The molecule has 0 unspecified atom stereocenters. The number of nitrogens with two attached hydrogens (primary N) is 1. The van der Waals surface area contributed by atoms with Crippen LogP contribution in [0.1, 0.15) is 50.6 Å². The number of halogens is 1. The van der Waals surface area contributed by atoms with Gasteiger partial charge in [-0.15, -0.1) is 0 Å². The topological polar surface area (TPSA) is 64.3 Å². The van der Waals surface area contributed by atoms with Gasteiger partial charge in [0.2, 0.25) is 0 Å². The van der Waals surface area contributed by atoms with Crippen LogP contribution in [0.15, 0.2) is 22.7 Å². The highest BCUT2D eigenvalue weighted by molar-refractivity contribution is 9.10. The number of carbonyl (C=O) groups is 1. The van der Waals surface area contributed by atoms with E-state index in [2.05, 4.69) is 21.2 Å². The number of hydrogen-bond acceptors (Lipinski definition) is 3. The van der Waals surface area contributed by atoms with E-state index in [0.29, 0.717) is 11.8 Å². The van der Waals surface area contributed by atoms with Crippen molar-refractivity contribution in [2.45, 2.75) is 51.1 Å². The van der Waals surface area contributed by atoms with Crippen molar-refractivity contribution < 1.29 is 9.53 Å². The first kappa shape index (κ1) is 16.3. The van der Waals surface area contributed by atoms with Gasteiger partial charge in [0.1, 0.15) is 5.75 Å². The summed E-state index contributed by atoms with van der Waals surface area (Å²) in [6.07, 6.45) is 5.84.